The predicted molar refractivity (Wildman–Crippen MR) is 88.2 cm³/mol. The molecule has 1 aromatic carbocycles. The Kier molecular flexibility index (Phi) is 4.49. The van der Waals surface area contributed by atoms with E-state index in [1.807, 2.05) is 6.07 Å². The lowest BCUT2D eigenvalue weighted by Crippen LogP contribution is -2.79. The zero-order chi connectivity index (χ0) is 18.8. The van der Waals surface area contributed by atoms with E-state index < -0.39 is 23.7 Å². The summed E-state index contributed by atoms with van der Waals surface area (Å²) in [5.74, 6) is -1.97. The Morgan fingerprint density at radius 2 is 2.08 bits per heavy atom. The fraction of sp³-hybridized carbons (Fsp3) is 0.235. The van der Waals surface area contributed by atoms with E-state index in [1.165, 1.54) is 31.4 Å². The number of imide groups is 1. The molecule has 0 spiro atoms. The van der Waals surface area contributed by atoms with Crippen molar-refractivity contribution in [3.8, 4) is 11.8 Å². The van der Waals surface area contributed by atoms with Crippen molar-refractivity contribution < 1.29 is 19.0 Å². The van der Waals surface area contributed by atoms with E-state index in [1.54, 1.807) is 29.1 Å². The average molecular weight is 355 g/mol. The van der Waals surface area contributed by atoms with Crippen LogP contribution in [0.1, 0.15) is 5.56 Å². The highest BCUT2D eigenvalue weighted by molar-refractivity contribution is 6.17. The second-order valence-electron chi connectivity index (χ2n) is 5.80. The molecule has 2 aromatic rings. The van der Waals surface area contributed by atoms with Crippen LogP contribution in [-0.2, 0) is 11.3 Å². The fourth-order valence-electron chi connectivity index (χ4n) is 2.73. The minimum absolute atomic E-state index is 0.156. The molecule has 1 unspecified atom stereocenters. The summed E-state index contributed by atoms with van der Waals surface area (Å²) >= 11 is 0. The zero-order valence-electron chi connectivity index (χ0n) is 14.2. The van der Waals surface area contributed by atoms with E-state index >= 15 is 0 Å². The van der Waals surface area contributed by atoms with Gasteiger partial charge >= 0.3 is 6.03 Å². The van der Waals surface area contributed by atoms with Crippen LogP contribution in [0.3, 0.4) is 0 Å². The number of imidazole rings is 1. The van der Waals surface area contributed by atoms with Crippen LogP contribution in [0.5, 0.6) is 0 Å². The van der Waals surface area contributed by atoms with Crippen molar-refractivity contribution in [2.45, 2.75) is 6.54 Å². The van der Waals surface area contributed by atoms with Gasteiger partial charge in [0.05, 0.1) is 25.1 Å². The molecule has 1 saturated heterocycles. The Morgan fingerprint density at radius 1 is 1.31 bits per heavy atom. The van der Waals surface area contributed by atoms with Crippen LogP contribution in [-0.4, -0.2) is 51.2 Å². The van der Waals surface area contributed by atoms with E-state index in [9.17, 15) is 19.2 Å². The monoisotopic (exact) mass is 355 g/mol. The standard InChI is InChI=1S/C17H15FN6O2/c1-22-15(12(8-19)16(25)23(2)17(22)26)21-9-11-3-4-14(13(18)7-11)24-6-5-20-10-24/h3-7,10,12H,9H2,1-2H3/p+1. The molecule has 0 radical (unpaired) electrons. The van der Waals surface area contributed by atoms with Gasteiger partial charge in [0.1, 0.15) is 12.4 Å². The second kappa shape index (κ2) is 6.76. The number of hydrogen-bond acceptors (Lipinski definition) is 4. The summed E-state index contributed by atoms with van der Waals surface area (Å²) in [6.45, 7) is 0.156. The summed E-state index contributed by atoms with van der Waals surface area (Å²) in [5.41, 5.74) is 0.957. The van der Waals surface area contributed by atoms with Gasteiger partial charge in [0, 0.05) is 19.4 Å². The smallest absolute Gasteiger partial charge is 0.303 e. The summed E-state index contributed by atoms with van der Waals surface area (Å²) in [6, 6.07) is 6.03. The molecule has 0 bridgehead atoms. The van der Waals surface area contributed by atoms with Crippen molar-refractivity contribution in [3.05, 3.63) is 48.3 Å². The fourth-order valence-corrected chi connectivity index (χ4v) is 2.73. The number of carbonyl (C=O) groups is 2. The summed E-state index contributed by atoms with van der Waals surface area (Å²) in [5, 5.41) is 9.27. The maximum Gasteiger partial charge on any atom is 0.417 e. The van der Waals surface area contributed by atoms with E-state index in [0.717, 1.165) is 4.90 Å². The lowest BCUT2D eigenvalue weighted by atomic mass is 10.1. The molecule has 9 heteroatoms. The Bertz CT molecular complexity index is 931. The molecular formula is C17H16FN6O2+. The first kappa shape index (κ1) is 17.3. The topological polar surface area (TPSA) is 96.2 Å². The maximum absolute atomic E-state index is 14.3. The Hall–Kier alpha value is -3.54. The van der Waals surface area contributed by atoms with Gasteiger partial charge in [0.2, 0.25) is 5.92 Å². The number of halogens is 1. The number of urea groups is 1. The minimum Gasteiger partial charge on any atom is -0.303 e. The van der Waals surface area contributed by atoms with Crippen molar-refractivity contribution in [3.63, 3.8) is 0 Å². The first-order chi connectivity index (χ1) is 12.4. The number of carbonyl (C=O) groups excluding carboxylic acids is 2. The van der Waals surface area contributed by atoms with Crippen molar-refractivity contribution >= 4 is 17.8 Å². The number of hydrogen-bond donors (Lipinski definition) is 1. The van der Waals surface area contributed by atoms with Crippen LogP contribution < -0.4 is 4.99 Å². The third-order valence-electron chi connectivity index (χ3n) is 4.18. The lowest BCUT2D eigenvalue weighted by Gasteiger charge is -2.26. The van der Waals surface area contributed by atoms with Crippen molar-refractivity contribution in [1.82, 2.24) is 19.4 Å². The van der Waals surface area contributed by atoms with Crippen molar-refractivity contribution in [2.24, 2.45) is 5.92 Å². The molecule has 1 aliphatic rings. The van der Waals surface area contributed by atoms with Gasteiger partial charge in [-0.1, -0.05) is 6.07 Å². The number of amides is 3. The molecule has 2 heterocycles. The van der Waals surface area contributed by atoms with Crippen molar-refractivity contribution in [2.75, 3.05) is 14.1 Å². The number of nitrogens with one attached hydrogen (secondary N) is 1. The minimum atomic E-state index is -1.11. The number of nitrogens with zero attached hydrogens (tertiary/aromatic N) is 5. The second-order valence-corrected chi connectivity index (χ2v) is 5.80. The van der Waals surface area contributed by atoms with Gasteiger partial charge in [-0.2, -0.15) is 10.2 Å². The SMILES string of the molecule is CN1C(=O)C(C#N)C(=[NH+]Cc2ccc(-n3ccnc3)c(F)c2)N(C)C1=O. The van der Waals surface area contributed by atoms with Crippen molar-refractivity contribution in [1.29, 1.82) is 5.26 Å². The highest BCUT2D eigenvalue weighted by Gasteiger charge is 2.46. The van der Waals surface area contributed by atoms with Gasteiger partial charge < -0.3 is 4.57 Å². The summed E-state index contributed by atoms with van der Waals surface area (Å²) in [6.07, 6.45) is 4.68. The van der Waals surface area contributed by atoms with Gasteiger partial charge in [-0.3, -0.25) is 9.79 Å². The summed E-state index contributed by atoms with van der Waals surface area (Å²) in [4.78, 5) is 33.0. The molecule has 8 nitrogen and oxygen atoms in total. The molecular weight excluding hydrogens is 339 g/mol. The molecule has 0 saturated carbocycles. The molecule has 0 aliphatic carbocycles. The van der Waals surface area contributed by atoms with Gasteiger partial charge in [0.15, 0.2) is 0 Å². The van der Waals surface area contributed by atoms with Crippen LogP contribution >= 0.6 is 0 Å². The molecule has 1 atom stereocenters. The molecule has 1 aromatic heterocycles. The number of rotatable bonds is 3. The predicted octanol–water partition coefficient (Wildman–Crippen LogP) is -0.346. The molecule has 1 aliphatic heterocycles. The van der Waals surface area contributed by atoms with Crippen LogP contribution in [0.2, 0.25) is 0 Å². The third kappa shape index (κ3) is 2.93. The van der Waals surface area contributed by atoms with Gasteiger partial charge in [-0.15, -0.1) is 0 Å². The molecule has 132 valence electrons. The van der Waals surface area contributed by atoms with Crippen LogP contribution in [0.15, 0.2) is 36.9 Å². The van der Waals surface area contributed by atoms with Gasteiger partial charge in [-0.25, -0.2) is 19.1 Å². The van der Waals surface area contributed by atoms with E-state index in [4.69, 9.17) is 0 Å². The number of nitriles is 1. The molecule has 1 N–H and O–H groups in total. The first-order valence-corrected chi connectivity index (χ1v) is 7.76. The number of aromatic nitrogens is 2. The van der Waals surface area contributed by atoms with Crippen LogP contribution in [0.25, 0.3) is 5.69 Å². The lowest BCUT2D eigenvalue weighted by molar-refractivity contribution is -0.482. The Morgan fingerprint density at radius 3 is 2.69 bits per heavy atom. The van der Waals surface area contributed by atoms with Crippen LogP contribution in [0, 0.1) is 23.1 Å². The molecule has 26 heavy (non-hydrogen) atoms. The number of amidine groups is 1. The normalized spacial score (nSPS) is 19.2. The van der Waals surface area contributed by atoms with Gasteiger partial charge in [-0.05, 0) is 17.7 Å². The number of benzene rings is 1. The highest BCUT2D eigenvalue weighted by atomic mass is 19.1. The van der Waals surface area contributed by atoms with Gasteiger partial charge in [0.25, 0.3) is 11.7 Å². The average Bonchev–Trinajstić information content (AvgIpc) is 3.16. The summed E-state index contributed by atoms with van der Waals surface area (Å²) in [7, 11) is 2.80. The third-order valence-corrected chi connectivity index (χ3v) is 4.18. The highest BCUT2D eigenvalue weighted by Crippen LogP contribution is 2.15. The first-order valence-electron chi connectivity index (χ1n) is 7.76. The maximum atomic E-state index is 14.3. The summed E-state index contributed by atoms with van der Waals surface area (Å²) < 4.78 is 15.9. The largest absolute Gasteiger partial charge is 0.417 e. The molecule has 3 amide bonds. The zero-order valence-corrected chi connectivity index (χ0v) is 14.2. The van der Waals surface area contributed by atoms with E-state index in [0.29, 0.717) is 11.3 Å². The van der Waals surface area contributed by atoms with E-state index in [-0.39, 0.29) is 12.4 Å². The molecule has 1 fully saturated rings. The Balaban J connectivity index is 1.86. The van der Waals surface area contributed by atoms with Crippen LogP contribution in [0.4, 0.5) is 9.18 Å². The molecule has 3 rings (SSSR count). The van der Waals surface area contributed by atoms with E-state index in [2.05, 4.69) is 9.98 Å². The Labute approximate surface area is 148 Å². The quantitative estimate of drug-likeness (QED) is 0.814.